The van der Waals surface area contributed by atoms with E-state index in [2.05, 4.69) is 22.6 Å². The van der Waals surface area contributed by atoms with Gasteiger partial charge in [-0.25, -0.2) is 0 Å². The van der Waals surface area contributed by atoms with Crippen molar-refractivity contribution in [2.24, 2.45) is 5.41 Å². The molecule has 1 rings (SSSR count). The van der Waals surface area contributed by atoms with Gasteiger partial charge in [-0.3, -0.25) is 4.79 Å². The first-order valence-corrected chi connectivity index (χ1v) is 10.5. The van der Waals surface area contributed by atoms with Gasteiger partial charge >= 0.3 is 5.97 Å². The number of halogens is 1. The maximum absolute atomic E-state index is 12.7. The van der Waals surface area contributed by atoms with Crippen LogP contribution >= 0.6 is 22.6 Å². The zero-order chi connectivity index (χ0) is 20.8. The number of esters is 1. The van der Waals surface area contributed by atoms with E-state index in [1.807, 2.05) is 60.6 Å². The second-order valence-corrected chi connectivity index (χ2v) is 8.50. The van der Waals surface area contributed by atoms with E-state index in [4.69, 9.17) is 18.9 Å². The number of ether oxygens (including phenoxy) is 4. The van der Waals surface area contributed by atoms with Crippen molar-refractivity contribution in [3.63, 3.8) is 0 Å². The number of methoxy groups -OCH3 is 1. The summed E-state index contributed by atoms with van der Waals surface area (Å²) >= 11 is 2.21. The van der Waals surface area contributed by atoms with Gasteiger partial charge in [0.05, 0.1) is 16.1 Å². The van der Waals surface area contributed by atoms with Crippen LogP contribution in [0.5, 0.6) is 11.5 Å². The molecule has 0 heterocycles. The summed E-state index contributed by atoms with van der Waals surface area (Å²) in [5, 5.41) is 0. The highest BCUT2D eigenvalue weighted by atomic mass is 127. The van der Waals surface area contributed by atoms with Crippen molar-refractivity contribution in [1.29, 1.82) is 0 Å². The van der Waals surface area contributed by atoms with E-state index in [0.29, 0.717) is 30.9 Å². The van der Waals surface area contributed by atoms with Gasteiger partial charge in [-0.05, 0) is 82.2 Å². The van der Waals surface area contributed by atoms with Crippen LogP contribution in [0.2, 0.25) is 0 Å². The molecule has 0 saturated heterocycles. The monoisotopic (exact) mass is 492 g/mol. The lowest BCUT2D eigenvalue weighted by Gasteiger charge is -2.33. The van der Waals surface area contributed by atoms with Crippen molar-refractivity contribution in [1.82, 2.24) is 0 Å². The van der Waals surface area contributed by atoms with E-state index in [1.165, 1.54) is 0 Å². The fourth-order valence-electron chi connectivity index (χ4n) is 2.40. The molecule has 0 saturated carbocycles. The van der Waals surface area contributed by atoms with Crippen LogP contribution in [0.3, 0.4) is 0 Å². The second-order valence-electron chi connectivity index (χ2n) is 7.34. The third-order valence-electron chi connectivity index (χ3n) is 4.95. The molecule has 0 aliphatic rings. The highest BCUT2D eigenvalue weighted by Gasteiger charge is 2.36. The molecule has 1 aromatic rings. The molecule has 27 heavy (non-hydrogen) atoms. The average Bonchev–Trinajstić information content (AvgIpc) is 2.62. The summed E-state index contributed by atoms with van der Waals surface area (Å²) < 4.78 is 23.8. The van der Waals surface area contributed by atoms with Gasteiger partial charge in [0.15, 0.2) is 17.8 Å². The Balaban J connectivity index is 3.27. The zero-order valence-corrected chi connectivity index (χ0v) is 19.9. The summed E-state index contributed by atoms with van der Waals surface area (Å²) in [4.78, 5) is 12.7. The lowest BCUT2D eigenvalue weighted by atomic mass is 9.88. The molecule has 2 atom stereocenters. The molecule has 5 nitrogen and oxygen atoms in total. The number of benzene rings is 1. The molecule has 0 aromatic heterocycles. The largest absolute Gasteiger partial charge is 0.493 e. The van der Waals surface area contributed by atoms with Crippen molar-refractivity contribution >= 4 is 28.6 Å². The van der Waals surface area contributed by atoms with Crippen LogP contribution in [-0.2, 0) is 19.9 Å². The zero-order valence-electron chi connectivity index (χ0n) is 17.8. The maximum atomic E-state index is 12.7. The Morgan fingerprint density at radius 1 is 1.15 bits per heavy atom. The summed E-state index contributed by atoms with van der Waals surface area (Å²) in [5.41, 5.74) is -0.396. The molecule has 0 aliphatic carbocycles. The first-order valence-electron chi connectivity index (χ1n) is 9.44. The van der Waals surface area contributed by atoms with Gasteiger partial charge in [-0.1, -0.05) is 13.8 Å². The van der Waals surface area contributed by atoms with Crippen LogP contribution in [0.25, 0.3) is 0 Å². The molecular formula is C21H33IO5. The Morgan fingerprint density at radius 2 is 1.78 bits per heavy atom. The Morgan fingerprint density at radius 3 is 2.26 bits per heavy atom. The van der Waals surface area contributed by atoms with Crippen LogP contribution in [0.1, 0.15) is 66.9 Å². The number of carbonyl (C=O) groups excluding carboxylic acids is 1. The van der Waals surface area contributed by atoms with Gasteiger partial charge in [0, 0.05) is 12.2 Å². The fourth-order valence-corrected chi connectivity index (χ4v) is 3.12. The Labute approximate surface area is 177 Å². The highest BCUT2D eigenvalue weighted by molar-refractivity contribution is 14.1. The highest BCUT2D eigenvalue weighted by Crippen LogP contribution is 2.41. The van der Waals surface area contributed by atoms with Crippen LogP contribution in [0.4, 0.5) is 0 Å². The maximum Gasteiger partial charge on any atom is 0.312 e. The van der Waals surface area contributed by atoms with Gasteiger partial charge < -0.3 is 18.9 Å². The minimum atomic E-state index is -0.749. The third kappa shape index (κ3) is 5.98. The predicted octanol–water partition coefficient (Wildman–Crippen LogP) is 5.67. The van der Waals surface area contributed by atoms with Crippen LogP contribution in [0, 0.1) is 8.99 Å². The number of rotatable bonds is 10. The van der Waals surface area contributed by atoms with Crippen molar-refractivity contribution < 1.29 is 23.7 Å². The third-order valence-corrected chi connectivity index (χ3v) is 5.76. The Hall–Kier alpha value is -1.02. The van der Waals surface area contributed by atoms with Crippen molar-refractivity contribution in [2.75, 3.05) is 13.7 Å². The van der Waals surface area contributed by atoms with Crippen molar-refractivity contribution in [3.05, 3.63) is 21.3 Å². The van der Waals surface area contributed by atoms with Crippen molar-refractivity contribution in [3.8, 4) is 11.5 Å². The van der Waals surface area contributed by atoms with Gasteiger partial charge in [-0.2, -0.15) is 0 Å². The molecule has 0 N–H and O–H groups in total. The van der Waals surface area contributed by atoms with Crippen LogP contribution in [0.15, 0.2) is 12.1 Å². The lowest BCUT2D eigenvalue weighted by Crippen LogP contribution is -2.35. The van der Waals surface area contributed by atoms with Gasteiger partial charge in [0.1, 0.15) is 5.60 Å². The lowest BCUT2D eigenvalue weighted by molar-refractivity contribution is -0.170. The van der Waals surface area contributed by atoms with E-state index in [-0.39, 0.29) is 12.3 Å². The van der Waals surface area contributed by atoms with E-state index in [0.717, 1.165) is 9.13 Å². The first-order chi connectivity index (χ1) is 12.5. The quantitative estimate of drug-likeness (QED) is 0.240. The fraction of sp³-hybridized carbons (Fsp3) is 0.667. The molecule has 0 amide bonds. The van der Waals surface area contributed by atoms with Gasteiger partial charge in [-0.15, -0.1) is 0 Å². The number of hydrogen-bond acceptors (Lipinski definition) is 5. The first kappa shape index (κ1) is 24.0. The number of carbonyl (C=O) groups is 1. The van der Waals surface area contributed by atoms with Gasteiger partial charge in [0.25, 0.3) is 0 Å². The SMILES string of the molecule is CCOC(C)Oc1c(I)cc(C(C)(CC)OC(=O)C(C)(C)CC)cc1OC. The molecule has 154 valence electrons. The predicted molar refractivity (Wildman–Crippen MR) is 115 cm³/mol. The summed E-state index contributed by atoms with van der Waals surface area (Å²) in [5.74, 6) is 1.02. The Kier molecular flexibility index (Phi) is 8.86. The average molecular weight is 492 g/mol. The molecule has 6 heteroatoms. The minimum Gasteiger partial charge on any atom is -0.493 e. The molecule has 0 fully saturated rings. The molecular weight excluding hydrogens is 459 g/mol. The normalized spacial score (nSPS) is 15.0. The van der Waals surface area contributed by atoms with Gasteiger partial charge in [0.2, 0.25) is 0 Å². The molecule has 2 unspecified atom stereocenters. The Bertz CT molecular complexity index is 644. The van der Waals surface area contributed by atoms with E-state index in [1.54, 1.807) is 7.11 Å². The number of hydrogen-bond donors (Lipinski definition) is 0. The summed E-state index contributed by atoms with van der Waals surface area (Å²) in [6, 6.07) is 3.86. The van der Waals surface area contributed by atoms with E-state index >= 15 is 0 Å². The molecule has 0 aliphatic heterocycles. The van der Waals surface area contributed by atoms with Crippen LogP contribution in [-0.4, -0.2) is 26.0 Å². The van der Waals surface area contributed by atoms with Crippen molar-refractivity contribution in [2.45, 2.75) is 73.2 Å². The molecule has 0 spiro atoms. The minimum absolute atomic E-state index is 0.200. The second kappa shape index (κ2) is 9.96. The summed E-state index contributed by atoms with van der Waals surface area (Å²) in [6.45, 7) is 14.1. The summed E-state index contributed by atoms with van der Waals surface area (Å²) in [7, 11) is 1.60. The topological polar surface area (TPSA) is 54.0 Å². The molecule has 0 radical (unpaired) electrons. The molecule has 0 bridgehead atoms. The standard InChI is InChI=1S/C21H33IO5/c1-9-20(5,6)19(23)27-21(7,10-2)15-12-16(22)18(17(13-15)24-8)26-14(4)25-11-3/h12-14H,9-11H2,1-8H3. The van der Waals surface area contributed by atoms with Crippen LogP contribution < -0.4 is 9.47 Å². The van der Waals surface area contributed by atoms with E-state index in [9.17, 15) is 4.79 Å². The van der Waals surface area contributed by atoms with E-state index < -0.39 is 11.0 Å². The smallest absolute Gasteiger partial charge is 0.312 e. The molecule has 1 aromatic carbocycles. The summed E-state index contributed by atoms with van der Waals surface area (Å²) in [6.07, 6.45) is 0.978.